The smallest absolute Gasteiger partial charge is 0.326 e. The van der Waals surface area contributed by atoms with E-state index in [9.17, 15) is 14.7 Å². The Morgan fingerprint density at radius 1 is 1.17 bits per heavy atom. The van der Waals surface area contributed by atoms with Gasteiger partial charge >= 0.3 is 5.97 Å². The molecule has 5 nitrogen and oxygen atoms in total. The standard InChI is InChI=1S/C18H27NO4/c1-13(2)10-11-23-14(3)17(20)19(4)16(18(21)22)12-15-8-6-5-7-9-15/h5-9,13-14,16H,10-12H2,1-4H3,(H,21,22). The average Bonchev–Trinajstić information content (AvgIpc) is 2.51. The number of carboxylic acids is 1. The number of hydrogen-bond donors (Lipinski definition) is 1. The van der Waals surface area contributed by atoms with Gasteiger partial charge in [0, 0.05) is 20.1 Å². The van der Waals surface area contributed by atoms with E-state index >= 15 is 0 Å². The van der Waals surface area contributed by atoms with Gasteiger partial charge in [-0.3, -0.25) is 4.79 Å². The van der Waals surface area contributed by atoms with Crippen molar-refractivity contribution in [3.8, 4) is 0 Å². The predicted octanol–water partition coefficient (Wildman–Crippen LogP) is 2.59. The average molecular weight is 321 g/mol. The Bertz CT molecular complexity index is 501. The van der Waals surface area contributed by atoms with Crippen LogP contribution in [0.15, 0.2) is 30.3 Å². The van der Waals surface area contributed by atoms with Gasteiger partial charge in [0.05, 0.1) is 0 Å². The molecule has 23 heavy (non-hydrogen) atoms. The van der Waals surface area contributed by atoms with Gasteiger partial charge in [-0.05, 0) is 24.8 Å². The van der Waals surface area contributed by atoms with E-state index in [1.54, 1.807) is 6.92 Å². The van der Waals surface area contributed by atoms with Crippen LogP contribution in [-0.4, -0.2) is 47.7 Å². The first-order valence-electron chi connectivity index (χ1n) is 7.98. The van der Waals surface area contributed by atoms with E-state index in [1.165, 1.54) is 11.9 Å². The molecule has 0 fully saturated rings. The summed E-state index contributed by atoms with van der Waals surface area (Å²) in [5.41, 5.74) is 0.882. The van der Waals surface area contributed by atoms with E-state index < -0.39 is 18.1 Å². The quantitative estimate of drug-likeness (QED) is 0.759. The summed E-state index contributed by atoms with van der Waals surface area (Å²) in [5.74, 6) is -0.823. The number of hydrogen-bond acceptors (Lipinski definition) is 3. The summed E-state index contributed by atoms with van der Waals surface area (Å²) >= 11 is 0. The molecule has 0 aliphatic rings. The highest BCUT2D eigenvalue weighted by Crippen LogP contribution is 2.11. The van der Waals surface area contributed by atoms with Crippen molar-refractivity contribution >= 4 is 11.9 Å². The van der Waals surface area contributed by atoms with Crippen molar-refractivity contribution in [1.82, 2.24) is 4.90 Å². The van der Waals surface area contributed by atoms with Crippen LogP contribution in [0.5, 0.6) is 0 Å². The van der Waals surface area contributed by atoms with Crippen molar-refractivity contribution in [2.24, 2.45) is 5.92 Å². The monoisotopic (exact) mass is 321 g/mol. The van der Waals surface area contributed by atoms with Crippen molar-refractivity contribution in [3.05, 3.63) is 35.9 Å². The summed E-state index contributed by atoms with van der Waals surface area (Å²) in [5, 5.41) is 9.45. The summed E-state index contributed by atoms with van der Waals surface area (Å²) in [6, 6.07) is 8.40. The molecule has 0 aromatic heterocycles. The Kier molecular flexibility index (Phi) is 7.75. The highest BCUT2D eigenvalue weighted by Gasteiger charge is 2.29. The number of carboxylic acid groups (broad SMARTS) is 1. The van der Waals surface area contributed by atoms with Crippen molar-refractivity contribution < 1.29 is 19.4 Å². The Morgan fingerprint density at radius 3 is 2.30 bits per heavy atom. The number of amides is 1. The molecule has 0 aliphatic heterocycles. The molecule has 2 atom stereocenters. The van der Waals surface area contributed by atoms with E-state index in [0.29, 0.717) is 12.5 Å². The number of rotatable bonds is 9. The SMILES string of the molecule is CC(C)CCOC(C)C(=O)N(C)C(Cc1ccccc1)C(=O)O. The van der Waals surface area contributed by atoms with E-state index in [-0.39, 0.29) is 12.3 Å². The van der Waals surface area contributed by atoms with Gasteiger partial charge in [0.15, 0.2) is 0 Å². The van der Waals surface area contributed by atoms with E-state index in [0.717, 1.165) is 12.0 Å². The van der Waals surface area contributed by atoms with Crippen LogP contribution in [0.4, 0.5) is 0 Å². The lowest BCUT2D eigenvalue weighted by Crippen LogP contribution is -2.47. The normalized spacial score (nSPS) is 13.6. The highest BCUT2D eigenvalue weighted by molar-refractivity contribution is 5.86. The maximum Gasteiger partial charge on any atom is 0.326 e. The number of aliphatic carboxylic acids is 1. The molecule has 1 aromatic carbocycles. The summed E-state index contributed by atoms with van der Waals surface area (Å²) in [6.07, 6.45) is 0.501. The lowest BCUT2D eigenvalue weighted by Gasteiger charge is -2.27. The Morgan fingerprint density at radius 2 is 1.78 bits per heavy atom. The number of carbonyl (C=O) groups is 2. The van der Waals surface area contributed by atoms with Crippen LogP contribution in [-0.2, 0) is 20.7 Å². The minimum Gasteiger partial charge on any atom is -0.480 e. The van der Waals surface area contributed by atoms with Crippen LogP contribution in [0.3, 0.4) is 0 Å². The zero-order valence-corrected chi connectivity index (χ0v) is 14.4. The van der Waals surface area contributed by atoms with E-state index in [4.69, 9.17) is 4.74 Å². The number of carbonyl (C=O) groups excluding carboxylic acids is 1. The Balaban J connectivity index is 2.67. The summed E-state index contributed by atoms with van der Waals surface area (Å²) < 4.78 is 5.53. The maximum absolute atomic E-state index is 12.4. The summed E-state index contributed by atoms with van der Waals surface area (Å²) in [4.78, 5) is 25.2. The van der Waals surface area contributed by atoms with Crippen LogP contribution < -0.4 is 0 Å². The zero-order valence-electron chi connectivity index (χ0n) is 14.4. The van der Waals surface area contributed by atoms with E-state index in [2.05, 4.69) is 13.8 Å². The fourth-order valence-corrected chi connectivity index (χ4v) is 2.22. The van der Waals surface area contributed by atoms with Gasteiger partial charge in [0.1, 0.15) is 12.1 Å². The molecule has 0 bridgehead atoms. The number of nitrogens with zero attached hydrogens (tertiary/aromatic N) is 1. The first-order chi connectivity index (χ1) is 10.8. The molecule has 0 saturated heterocycles. The molecule has 1 aromatic rings. The van der Waals surface area contributed by atoms with Crippen LogP contribution in [0.1, 0.15) is 32.8 Å². The summed E-state index contributed by atoms with van der Waals surface area (Å²) in [6.45, 7) is 6.33. The molecule has 0 radical (unpaired) electrons. The van der Waals surface area contributed by atoms with Crippen molar-refractivity contribution in [1.29, 1.82) is 0 Å². The van der Waals surface area contributed by atoms with Crippen molar-refractivity contribution in [2.75, 3.05) is 13.7 Å². The molecule has 2 unspecified atom stereocenters. The second-order valence-corrected chi connectivity index (χ2v) is 6.19. The second-order valence-electron chi connectivity index (χ2n) is 6.19. The minimum absolute atomic E-state index is 0.275. The zero-order chi connectivity index (χ0) is 17.4. The van der Waals surface area contributed by atoms with Crippen molar-refractivity contribution in [3.63, 3.8) is 0 Å². The third kappa shape index (κ3) is 6.40. The number of ether oxygens (including phenoxy) is 1. The van der Waals surface area contributed by atoms with Crippen LogP contribution in [0, 0.1) is 5.92 Å². The molecule has 1 amide bonds. The molecule has 0 heterocycles. The van der Waals surface area contributed by atoms with Gasteiger partial charge in [-0.2, -0.15) is 0 Å². The first kappa shape index (κ1) is 19.2. The summed E-state index contributed by atoms with van der Waals surface area (Å²) in [7, 11) is 1.52. The maximum atomic E-state index is 12.4. The largest absolute Gasteiger partial charge is 0.480 e. The Labute approximate surface area is 138 Å². The number of benzene rings is 1. The molecule has 0 aliphatic carbocycles. The lowest BCUT2D eigenvalue weighted by atomic mass is 10.0. The third-order valence-corrected chi connectivity index (χ3v) is 3.78. The molecule has 128 valence electrons. The molecule has 0 saturated carbocycles. The predicted molar refractivity (Wildman–Crippen MR) is 89.2 cm³/mol. The fraction of sp³-hybridized carbons (Fsp3) is 0.556. The minimum atomic E-state index is -1.01. The lowest BCUT2D eigenvalue weighted by molar-refractivity contribution is -0.154. The van der Waals surface area contributed by atoms with Gasteiger partial charge in [-0.1, -0.05) is 44.2 Å². The molecular formula is C18H27NO4. The van der Waals surface area contributed by atoms with Gasteiger partial charge < -0.3 is 14.7 Å². The first-order valence-corrected chi connectivity index (χ1v) is 7.98. The van der Waals surface area contributed by atoms with E-state index in [1.807, 2.05) is 30.3 Å². The van der Waals surface area contributed by atoms with Gasteiger partial charge in [0.25, 0.3) is 5.91 Å². The molecular weight excluding hydrogens is 294 g/mol. The van der Waals surface area contributed by atoms with Gasteiger partial charge in [-0.15, -0.1) is 0 Å². The molecule has 0 spiro atoms. The van der Waals surface area contributed by atoms with Gasteiger partial charge in [0.2, 0.25) is 0 Å². The second kappa shape index (κ2) is 9.30. The third-order valence-electron chi connectivity index (χ3n) is 3.78. The van der Waals surface area contributed by atoms with Crippen molar-refractivity contribution in [2.45, 2.75) is 45.8 Å². The van der Waals surface area contributed by atoms with Crippen LogP contribution in [0.2, 0.25) is 0 Å². The Hall–Kier alpha value is -1.88. The van der Waals surface area contributed by atoms with Crippen LogP contribution >= 0.6 is 0 Å². The van der Waals surface area contributed by atoms with Gasteiger partial charge in [-0.25, -0.2) is 4.79 Å². The fourth-order valence-electron chi connectivity index (χ4n) is 2.22. The highest BCUT2D eigenvalue weighted by atomic mass is 16.5. The van der Waals surface area contributed by atoms with Crippen LogP contribution in [0.25, 0.3) is 0 Å². The topological polar surface area (TPSA) is 66.8 Å². The molecule has 5 heteroatoms. The molecule has 1 N–H and O–H groups in total. The number of likely N-dealkylation sites (N-methyl/N-ethyl adjacent to an activating group) is 1. The molecule has 1 rings (SSSR count).